The molecule has 3 N–H and O–H groups in total. The molecule has 6 heteroatoms. The number of benzene rings is 2. The summed E-state index contributed by atoms with van der Waals surface area (Å²) in [5.74, 6) is 0. The van der Waals surface area contributed by atoms with Gasteiger partial charge >= 0.3 is 6.03 Å². The number of nitrogens with one attached hydrogen (secondary N) is 1. The first kappa shape index (κ1) is 15.5. The molecule has 3 aromatic rings. The Morgan fingerprint density at radius 2 is 1.88 bits per heavy atom. The molecule has 1 aromatic heterocycles. The van der Waals surface area contributed by atoms with Crippen molar-refractivity contribution in [3.05, 3.63) is 71.9 Å². The summed E-state index contributed by atoms with van der Waals surface area (Å²) in [6, 6.07) is 17.1. The second-order valence-corrected chi connectivity index (χ2v) is 5.31. The van der Waals surface area contributed by atoms with E-state index in [2.05, 4.69) is 15.6 Å². The van der Waals surface area contributed by atoms with Crippen molar-refractivity contribution in [2.75, 3.05) is 0 Å². The van der Waals surface area contributed by atoms with Gasteiger partial charge in [-0.25, -0.2) is 14.9 Å². The largest absolute Gasteiger partial charge is 0.350 e. The van der Waals surface area contributed by atoms with Crippen molar-refractivity contribution >= 4 is 12.2 Å². The summed E-state index contributed by atoms with van der Waals surface area (Å²) in [5.41, 5.74) is 11.9. The van der Waals surface area contributed by atoms with Gasteiger partial charge in [0.1, 0.15) is 5.69 Å². The van der Waals surface area contributed by atoms with Crippen LogP contribution >= 0.6 is 0 Å². The molecule has 0 unspecified atom stereocenters. The third-order valence-electron chi connectivity index (χ3n) is 3.47. The summed E-state index contributed by atoms with van der Waals surface area (Å²) in [6.07, 6.45) is 3.39. The van der Waals surface area contributed by atoms with Crippen LogP contribution in [0, 0.1) is 6.92 Å². The Hall–Kier alpha value is -3.41. The highest BCUT2D eigenvalue weighted by Crippen LogP contribution is 2.23. The molecule has 0 atom stereocenters. The van der Waals surface area contributed by atoms with Crippen LogP contribution in [0.3, 0.4) is 0 Å². The van der Waals surface area contributed by atoms with Gasteiger partial charge in [-0.3, -0.25) is 0 Å². The van der Waals surface area contributed by atoms with Crippen molar-refractivity contribution in [2.45, 2.75) is 6.92 Å². The van der Waals surface area contributed by atoms with Crippen molar-refractivity contribution in [1.82, 2.24) is 15.2 Å². The van der Waals surface area contributed by atoms with Gasteiger partial charge in [0.05, 0.1) is 11.9 Å². The molecular formula is C18H17N5O. The molecule has 3 rings (SSSR count). The van der Waals surface area contributed by atoms with Crippen LogP contribution in [0.25, 0.3) is 16.9 Å². The lowest BCUT2D eigenvalue weighted by Gasteiger charge is -2.01. The first-order valence-corrected chi connectivity index (χ1v) is 7.44. The van der Waals surface area contributed by atoms with Crippen LogP contribution in [0.2, 0.25) is 0 Å². The number of hydrazone groups is 1. The molecule has 0 aliphatic carbocycles. The molecule has 0 saturated heterocycles. The van der Waals surface area contributed by atoms with Crippen molar-refractivity contribution in [2.24, 2.45) is 10.8 Å². The Kier molecular flexibility index (Phi) is 4.38. The van der Waals surface area contributed by atoms with Gasteiger partial charge in [0, 0.05) is 17.3 Å². The number of para-hydroxylation sites is 1. The third-order valence-corrected chi connectivity index (χ3v) is 3.47. The minimum absolute atomic E-state index is 0.710. The van der Waals surface area contributed by atoms with Crippen LogP contribution in [0.5, 0.6) is 0 Å². The van der Waals surface area contributed by atoms with Gasteiger partial charge in [0.2, 0.25) is 0 Å². The predicted molar refractivity (Wildman–Crippen MR) is 94.1 cm³/mol. The highest BCUT2D eigenvalue weighted by molar-refractivity contribution is 5.89. The molecule has 2 amide bonds. The number of aromatic nitrogens is 2. The van der Waals surface area contributed by atoms with Crippen LogP contribution in [-0.2, 0) is 0 Å². The standard InChI is InChI=1S/C18H17N5O/c1-13-7-9-14(10-8-13)17-15(11-20-21-18(19)24)12-23(22-17)16-5-3-2-4-6-16/h2-12H,1H3,(H3,19,21,24)/b20-11+. The average Bonchev–Trinajstić information content (AvgIpc) is 3.00. The van der Waals surface area contributed by atoms with Crippen molar-refractivity contribution < 1.29 is 4.79 Å². The number of hydrogen-bond acceptors (Lipinski definition) is 3. The minimum Gasteiger partial charge on any atom is -0.350 e. The first-order chi connectivity index (χ1) is 11.6. The smallest absolute Gasteiger partial charge is 0.332 e. The molecule has 0 radical (unpaired) electrons. The molecule has 2 aromatic carbocycles. The van der Waals surface area contributed by atoms with Crippen LogP contribution in [0.1, 0.15) is 11.1 Å². The maximum absolute atomic E-state index is 10.8. The molecule has 6 nitrogen and oxygen atoms in total. The Balaban J connectivity index is 2.04. The van der Waals surface area contributed by atoms with Gasteiger partial charge in [-0.2, -0.15) is 10.2 Å². The van der Waals surface area contributed by atoms with E-state index in [-0.39, 0.29) is 0 Å². The summed E-state index contributed by atoms with van der Waals surface area (Å²) >= 11 is 0. The third kappa shape index (κ3) is 3.49. The van der Waals surface area contributed by atoms with E-state index in [1.165, 1.54) is 11.8 Å². The van der Waals surface area contributed by atoms with Crippen LogP contribution in [0.4, 0.5) is 4.79 Å². The highest BCUT2D eigenvalue weighted by atomic mass is 16.2. The van der Waals surface area contributed by atoms with Crippen LogP contribution in [0.15, 0.2) is 65.9 Å². The Morgan fingerprint density at radius 3 is 2.54 bits per heavy atom. The molecular weight excluding hydrogens is 302 g/mol. The van der Waals surface area contributed by atoms with Gasteiger partial charge in [-0.05, 0) is 19.1 Å². The fourth-order valence-electron chi connectivity index (χ4n) is 2.30. The number of amides is 2. The number of urea groups is 1. The van der Waals surface area contributed by atoms with Gasteiger partial charge < -0.3 is 5.73 Å². The fourth-order valence-corrected chi connectivity index (χ4v) is 2.30. The summed E-state index contributed by atoms with van der Waals surface area (Å²) in [6.45, 7) is 2.03. The number of carbonyl (C=O) groups excluding carboxylic acids is 1. The monoisotopic (exact) mass is 319 g/mol. The van der Waals surface area contributed by atoms with Crippen LogP contribution in [-0.4, -0.2) is 22.0 Å². The Bertz CT molecular complexity index is 866. The maximum atomic E-state index is 10.8. The molecule has 0 aliphatic heterocycles. The summed E-state index contributed by atoms with van der Waals surface area (Å²) in [7, 11) is 0. The highest BCUT2D eigenvalue weighted by Gasteiger charge is 2.11. The van der Waals surface area contributed by atoms with Crippen LogP contribution < -0.4 is 11.2 Å². The second-order valence-electron chi connectivity index (χ2n) is 5.31. The van der Waals surface area contributed by atoms with Gasteiger partial charge in [0.25, 0.3) is 0 Å². The van der Waals surface area contributed by atoms with Crippen molar-refractivity contribution in [3.63, 3.8) is 0 Å². The van der Waals surface area contributed by atoms with Gasteiger partial charge in [-0.1, -0.05) is 48.0 Å². The number of hydrogen-bond donors (Lipinski definition) is 2. The number of nitrogens with two attached hydrogens (primary N) is 1. The Labute approximate surface area is 139 Å². The van der Waals surface area contributed by atoms with E-state index in [0.29, 0.717) is 0 Å². The zero-order valence-corrected chi connectivity index (χ0v) is 13.2. The zero-order chi connectivity index (χ0) is 16.9. The lowest BCUT2D eigenvalue weighted by molar-refractivity contribution is 0.249. The Morgan fingerprint density at radius 1 is 1.17 bits per heavy atom. The second kappa shape index (κ2) is 6.78. The average molecular weight is 319 g/mol. The number of aryl methyl sites for hydroxylation is 1. The fraction of sp³-hybridized carbons (Fsp3) is 0.0556. The normalized spacial score (nSPS) is 10.9. The maximum Gasteiger partial charge on any atom is 0.332 e. The summed E-state index contributed by atoms with van der Waals surface area (Å²) < 4.78 is 1.78. The zero-order valence-electron chi connectivity index (χ0n) is 13.2. The molecule has 24 heavy (non-hydrogen) atoms. The molecule has 0 bridgehead atoms. The predicted octanol–water partition coefficient (Wildman–Crippen LogP) is 2.85. The molecule has 0 saturated carbocycles. The van der Waals surface area contributed by atoms with Crippen molar-refractivity contribution in [1.29, 1.82) is 0 Å². The van der Waals surface area contributed by atoms with E-state index in [4.69, 9.17) is 5.73 Å². The SMILES string of the molecule is Cc1ccc(-c2nn(-c3ccccc3)cc2/C=N/NC(N)=O)cc1. The number of rotatable bonds is 4. The molecule has 0 spiro atoms. The van der Waals surface area contributed by atoms with Crippen molar-refractivity contribution in [3.8, 4) is 16.9 Å². The van der Waals surface area contributed by atoms with Gasteiger partial charge in [0.15, 0.2) is 0 Å². The van der Waals surface area contributed by atoms with E-state index in [1.807, 2.05) is 67.7 Å². The van der Waals surface area contributed by atoms with E-state index >= 15 is 0 Å². The quantitative estimate of drug-likeness (QED) is 0.572. The van der Waals surface area contributed by atoms with E-state index in [1.54, 1.807) is 4.68 Å². The number of nitrogens with zero attached hydrogens (tertiary/aromatic N) is 3. The summed E-state index contributed by atoms with van der Waals surface area (Å²) in [5, 5.41) is 8.51. The molecule has 1 heterocycles. The lowest BCUT2D eigenvalue weighted by atomic mass is 10.1. The molecule has 0 fully saturated rings. The first-order valence-electron chi connectivity index (χ1n) is 7.44. The topological polar surface area (TPSA) is 85.3 Å². The minimum atomic E-state index is -0.710. The lowest BCUT2D eigenvalue weighted by Crippen LogP contribution is -2.24. The molecule has 120 valence electrons. The van der Waals surface area contributed by atoms with Gasteiger partial charge in [-0.15, -0.1) is 0 Å². The number of primary amides is 1. The van der Waals surface area contributed by atoms with E-state index in [0.717, 1.165) is 22.5 Å². The molecule has 0 aliphatic rings. The van der Waals surface area contributed by atoms with E-state index < -0.39 is 6.03 Å². The number of carbonyl (C=O) groups is 1. The summed E-state index contributed by atoms with van der Waals surface area (Å²) in [4.78, 5) is 10.8. The van der Waals surface area contributed by atoms with E-state index in [9.17, 15) is 4.79 Å².